The zero-order chi connectivity index (χ0) is 15.5. The fourth-order valence-corrected chi connectivity index (χ4v) is 3.17. The van der Waals surface area contributed by atoms with Crippen LogP contribution >= 0.6 is 11.6 Å². The lowest BCUT2D eigenvalue weighted by atomic mass is 9.83. The number of nitrogens with one attached hydrogen (secondary N) is 1. The quantitative estimate of drug-likeness (QED) is 0.525. The molecule has 0 saturated heterocycles. The van der Waals surface area contributed by atoms with E-state index in [1.807, 2.05) is 0 Å². The molecule has 114 valence electrons. The Morgan fingerprint density at radius 2 is 2.05 bits per heavy atom. The number of nitro groups is 1. The number of hydrogen-bond acceptors (Lipinski definition) is 3. The van der Waals surface area contributed by atoms with E-state index in [1.165, 1.54) is 18.6 Å². The van der Waals surface area contributed by atoms with Gasteiger partial charge in [-0.2, -0.15) is 0 Å². The van der Waals surface area contributed by atoms with Crippen molar-refractivity contribution >= 4 is 23.2 Å². The Morgan fingerprint density at radius 3 is 2.57 bits per heavy atom. The summed E-state index contributed by atoms with van der Waals surface area (Å²) in [7, 11) is 0. The van der Waals surface area contributed by atoms with Gasteiger partial charge in [-0.05, 0) is 31.9 Å². The summed E-state index contributed by atoms with van der Waals surface area (Å²) in [5.41, 5.74) is 0.604. The SMILES string of the molecule is Cc1cc(C(=O)NC2(CCl)CCCCC2)ccc1[N+](=O)[O-]. The Kier molecular flexibility index (Phi) is 4.83. The van der Waals surface area contributed by atoms with Gasteiger partial charge in [-0.15, -0.1) is 11.6 Å². The normalized spacial score (nSPS) is 17.2. The van der Waals surface area contributed by atoms with Gasteiger partial charge in [0.15, 0.2) is 0 Å². The van der Waals surface area contributed by atoms with Crippen LogP contribution < -0.4 is 5.32 Å². The minimum absolute atomic E-state index is 0.0243. The van der Waals surface area contributed by atoms with Crippen molar-refractivity contribution in [1.82, 2.24) is 5.32 Å². The van der Waals surface area contributed by atoms with Crippen LogP contribution in [-0.4, -0.2) is 22.2 Å². The molecule has 0 heterocycles. The van der Waals surface area contributed by atoms with E-state index >= 15 is 0 Å². The van der Waals surface area contributed by atoms with E-state index < -0.39 is 4.92 Å². The first-order valence-corrected chi connectivity index (χ1v) is 7.64. The number of nitro benzene ring substituents is 1. The highest BCUT2D eigenvalue weighted by Gasteiger charge is 2.33. The summed E-state index contributed by atoms with van der Waals surface area (Å²) in [6, 6.07) is 4.42. The molecule has 1 saturated carbocycles. The van der Waals surface area contributed by atoms with Crippen LogP contribution in [0, 0.1) is 17.0 Å². The second kappa shape index (κ2) is 6.43. The fraction of sp³-hybridized carbons (Fsp3) is 0.533. The third-order valence-corrected chi connectivity index (χ3v) is 4.61. The van der Waals surface area contributed by atoms with E-state index in [0.29, 0.717) is 17.0 Å². The predicted molar refractivity (Wildman–Crippen MR) is 81.8 cm³/mol. The minimum atomic E-state index is -0.446. The van der Waals surface area contributed by atoms with E-state index in [1.54, 1.807) is 13.0 Å². The third kappa shape index (κ3) is 3.53. The number of carbonyl (C=O) groups excluding carboxylic acids is 1. The number of benzene rings is 1. The summed E-state index contributed by atoms with van der Waals surface area (Å²) in [6.45, 7) is 1.63. The van der Waals surface area contributed by atoms with Crippen molar-refractivity contribution in [3.63, 3.8) is 0 Å². The van der Waals surface area contributed by atoms with Gasteiger partial charge in [-0.1, -0.05) is 19.3 Å². The number of alkyl halides is 1. The van der Waals surface area contributed by atoms with Crippen molar-refractivity contribution in [3.8, 4) is 0 Å². The van der Waals surface area contributed by atoms with Crippen LogP contribution in [-0.2, 0) is 0 Å². The highest BCUT2D eigenvalue weighted by atomic mass is 35.5. The maximum atomic E-state index is 12.4. The summed E-state index contributed by atoms with van der Waals surface area (Å²) < 4.78 is 0. The van der Waals surface area contributed by atoms with Gasteiger partial charge in [0, 0.05) is 23.1 Å². The van der Waals surface area contributed by atoms with Gasteiger partial charge >= 0.3 is 0 Å². The van der Waals surface area contributed by atoms with Gasteiger partial charge in [0.1, 0.15) is 0 Å². The molecule has 1 aliphatic carbocycles. The maximum Gasteiger partial charge on any atom is 0.272 e. The molecule has 0 radical (unpaired) electrons. The molecule has 2 rings (SSSR count). The van der Waals surface area contributed by atoms with E-state index in [9.17, 15) is 14.9 Å². The van der Waals surface area contributed by atoms with E-state index in [0.717, 1.165) is 25.7 Å². The lowest BCUT2D eigenvalue weighted by molar-refractivity contribution is -0.385. The first-order chi connectivity index (χ1) is 9.97. The van der Waals surface area contributed by atoms with Crippen LogP contribution in [0.1, 0.15) is 48.0 Å². The van der Waals surface area contributed by atoms with Crippen LogP contribution in [0.3, 0.4) is 0 Å². The molecular formula is C15H19ClN2O3. The first-order valence-electron chi connectivity index (χ1n) is 7.11. The molecule has 1 N–H and O–H groups in total. The number of aryl methyl sites for hydroxylation is 1. The lowest BCUT2D eigenvalue weighted by Gasteiger charge is -2.36. The Balaban J connectivity index is 2.16. The zero-order valence-corrected chi connectivity index (χ0v) is 12.8. The first kappa shape index (κ1) is 15.8. The third-order valence-electron chi connectivity index (χ3n) is 4.10. The van der Waals surface area contributed by atoms with Gasteiger partial charge in [0.2, 0.25) is 0 Å². The fourth-order valence-electron chi connectivity index (χ4n) is 2.84. The predicted octanol–water partition coefficient (Wildman–Crippen LogP) is 3.57. The van der Waals surface area contributed by atoms with Gasteiger partial charge in [0.25, 0.3) is 11.6 Å². The molecule has 1 aromatic carbocycles. The van der Waals surface area contributed by atoms with E-state index in [-0.39, 0.29) is 17.1 Å². The Morgan fingerprint density at radius 1 is 1.38 bits per heavy atom. The molecule has 0 unspecified atom stereocenters. The number of halogens is 1. The van der Waals surface area contributed by atoms with E-state index in [2.05, 4.69) is 5.32 Å². The maximum absolute atomic E-state index is 12.4. The number of amides is 1. The van der Waals surface area contributed by atoms with Crippen LogP contribution in [0.25, 0.3) is 0 Å². The van der Waals surface area contributed by atoms with Crippen LogP contribution in [0.5, 0.6) is 0 Å². The minimum Gasteiger partial charge on any atom is -0.345 e. The molecule has 1 fully saturated rings. The second-order valence-electron chi connectivity index (χ2n) is 5.69. The number of hydrogen-bond donors (Lipinski definition) is 1. The molecule has 0 aliphatic heterocycles. The Labute approximate surface area is 128 Å². The van der Waals surface area contributed by atoms with Crippen molar-refractivity contribution in [2.75, 3.05) is 5.88 Å². The van der Waals surface area contributed by atoms with Gasteiger partial charge in [-0.3, -0.25) is 14.9 Å². The van der Waals surface area contributed by atoms with Crippen molar-refractivity contribution in [2.24, 2.45) is 0 Å². The van der Waals surface area contributed by atoms with Crippen molar-refractivity contribution < 1.29 is 9.72 Å². The molecule has 6 heteroatoms. The number of carbonyl (C=O) groups is 1. The summed E-state index contributed by atoms with van der Waals surface area (Å²) in [5.74, 6) is 0.181. The summed E-state index contributed by atoms with van der Waals surface area (Å²) in [5, 5.41) is 13.8. The monoisotopic (exact) mass is 310 g/mol. The molecule has 1 aliphatic rings. The van der Waals surface area contributed by atoms with Crippen molar-refractivity contribution in [2.45, 2.75) is 44.6 Å². The van der Waals surface area contributed by atoms with Crippen LogP contribution in [0.4, 0.5) is 5.69 Å². The van der Waals surface area contributed by atoms with Crippen LogP contribution in [0.2, 0.25) is 0 Å². The topological polar surface area (TPSA) is 72.2 Å². The molecule has 0 bridgehead atoms. The lowest BCUT2D eigenvalue weighted by Crippen LogP contribution is -2.51. The van der Waals surface area contributed by atoms with Gasteiger partial charge in [0.05, 0.1) is 10.5 Å². The average Bonchev–Trinajstić information content (AvgIpc) is 2.47. The molecule has 21 heavy (non-hydrogen) atoms. The molecule has 0 spiro atoms. The largest absolute Gasteiger partial charge is 0.345 e. The van der Waals surface area contributed by atoms with Gasteiger partial charge in [-0.25, -0.2) is 0 Å². The molecule has 5 nitrogen and oxygen atoms in total. The summed E-state index contributed by atoms with van der Waals surface area (Å²) in [6.07, 6.45) is 5.06. The van der Waals surface area contributed by atoms with Crippen molar-refractivity contribution in [1.29, 1.82) is 0 Å². The van der Waals surface area contributed by atoms with E-state index in [4.69, 9.17) is 11.6 Å². The summed E-state index contributed by atoms with van der Waals surface area (Å²) in [4.78, 5) is 22.7. The standard InChI is InChI=1S/C15H19ClN2O3/c1-11-9-12(5-6-13(11)18(20)21)14(19)17-15(10-16)7-3-2-4-8-15/h5-6,9H,2-4,7-8,10H2,1H3,(H,17,19). The zero-order valence-electron chi connectivity index (χ0n) is 12.0. The van der Waals surface area contributed by atoms with Gasteiger partial charge < -0.3 is 5.32 Å². The molecule has 1 aromatic rings. The summed E-state index contributed by atoms with van der Waals surface area (Å²) >= 11 is 6.06. The second-order valence-corrected chi connectivity index (χ2v) is 5.95. The van der Waals surface area contributed by atoms with Crippen LogP contribution in [0.15, 0.2) is 18.2 Å². The molecular weight excluding hydrogens is 292 g/mol. The highest BCUT2D eigenvalue weighted by molar-refractivity contribution is 6.19. The average molecular weight is 311 g/mol. The smallest absolute Gasteiger partial charge is 0.272 e. The molecule has 0 atom stereocenters. The Bertz CT molecular complexity index is 554. The number of nitrogens with zero attached hydrogens (tertiary/aromatic N) is 1. The Hall–Kier alpha value is -1.62. The highest BCUT2D eigenvalue weighted by Crippen LogP contribution is 2.30. The molecule has 1 amide bonds. The number of rotatable bonds is 4. The molecule has 0 aromatic heterocycles. The van der Waals surface area contributed by atoms with Crippen molar-refractivity contribution in [3.05, 3.63) is 39.4 Å².